The number of nitrogens with one attached hydrogen (secondary N) is 1. The molecule has 2 heteroatoms. The van der Waals surface area contributed by atoms with Crippen LogP contribution in [-0.4, -0.2) is 11.4 Å². The lowest BCUT2D eigenvalue weighted by atomic mass is 9.87. The van der Waals surface area contributed by atoms with E-state index in [1.807, 2.05) is 0 Å². The highest BCUT2D eigenvalue weighted by Crippen LogP contribution is 2.36. The summed E-state index contributed by atoms with van der Waals surface area (Å²) in [6.45, 7) is 0. The van der Waals surface area contributed by atoms with Crippen molar-refractivity contribution < 1.29 is 0 Å². The van der Waals surface area contributed by atoms with Gasteiger partial charge in [-0.3, -0.25) is 4.99 Å². The molecule has 0 radical (unpaired) electrons. The first-order valence-electron chi connectivity index (χ1n) is 5.08. The Morgan fingerprint density at radius 3 is 3.07 bits per heavy atom. The van der Waals surface area contributed by atoms with E-state index in [1.165, 1.54) is 16.9 Å². The average molecular weight is 184 g/mol. The molecule has 3 rings (SSSR count). The molecule has 0 aromatic rings. The first kappa shape index (κ1) is 7.92. The van der Waals surface area contributed by atoms with Crippen LogP contribution in [0.4, 0.5) is 0 Å². The molecule has 2 aliphatic carbocycles. The van der Waals surface area contributed by atoms with Crippen LogP contribution in [0.25, 0.3) is 0 Å². The maximum Gasteiger partial charge on any atom is 0.0671 e. The van der Waals surface area contributed by atoms with Crippen molar-refractivity contribution in [3.05, 3.63) is 35.1 Å². The van der Waals surface area contributed by atoms with Crippen molar-refractivity contribution in [3.8, 4) is 0 Å². The summed E-state index contributed by atoms with van der Waals surface area (Å²) in [6.07, 6.45) is 10.0. The van der Waals surface area contributed by atoms with E-state index in [2.05, 4.69) is 23.2 Å². The maximum atomic E-state index is 7.72. The number of nitrogens with zero attached hydrogens (tertiary/aromatic N) is 1. The smallest absolute Gasteiger partial charge is 0.0671 e. The molecule has 1 N–H and O–H groups in total. The highest BCUT2D eigenvalue weighted by Gasteiger charge is 2.27. The van der Waals surface area contributed by atoms with Gasteiger partial charge in [0.05, 0.1) is 5.70 Å². The Morgan fingerprint density at radius 1 is 1.21 bits per heavy atom. The van der Waals surface area contributed by atoms with E-state index in [0.717, 1.165) is 37.1 Å². The van der Waals surface area contributed by atoms with Gasteiger partial charge in [0.25, 0.3) is 0 Å². The molecule has 0 aromatic carbocycles. The largest absolute Gasteiger partial charge is 0.309 e. The second-order valence-corrected chi connectivity index (χ2v) is 3.98. The second-order valence-electron chi connectivity index (χ2n) is 3.98. The molecule has 3 aliphatic rings. The molecule has 1 heterocycles. The summed E-state index contributed by atoms with van der Waals surface area (Å²) in [4.78, 5) is 4.62. The highest BCUT2D eigenvalue weighted by atomic mass is 14.8. The van der Waals surface area contributed by atoms with Crippen LogP contribution in [-0.2, 0) is 0 Å². The van der Waals surface area contributed by atoms with Crippen LogP contribution in [0.2, 0.25) is 0 Å². The van der Waals surface area contributed by atoms with Gasteiger partial charge in [-0.2, -0.15) is 0 Å². The zero-order chi connectivity index (χ0) is 9.54. The molecule has 1 saturated carbocycles. The van der Waals surface area contributed by atoms with Crippen LogP contribution < -0.4 is 0 Å². The summed E-state index contributed by atoms with van der Waals surface area (Å²) in [5.74, 6) is 0. The molecule has 0 spiro atoms. The van der Waals surface area contributed by atoms with Gasteiger partial charge in [-0.05, 0) is 36.5 Å². The molecule has 70 valence electrons. The predicted octanol–water partition coefficient (Wildman–Crippen LogP) is 2.79. The lowest BCUT2D eigenvalue weighted by molar-refractivity contribution is 1.03. The second kappa shape index (κ2) is 2.77. The predicted molar refractivity (Wildman–Crippen MR) is 57.9 cm³/mol. The van der Waals surface area contributed by atoms with Crippen molar-refractivity contribution in [2.75, 3.05) is 0 Å². The fourth-order valence-corrected chi connectivity index (χ4v) is 2.31. The fraction of sp³-hybridized carbons (Fsp3) is 0.333. The van der Waals surface area contributed by atoms with Gasteiger partial charge in [0.1, 0.15) is 0 Å². The number of rotatable bonds is 0. The summed E-state index contributed by atoms with van der Waals surface area (Å²) in [5, 5.41) is 7.72. The molecule has 0 amide bonds. The van der Waals surface area contributed by atoms with Gasteiger partial charge in [-0.15, -0.1) is 0 Å². The Labute approximate surface area is 83.2 Å². The van der Waals surface area contributed by atoms with Gasteiger partial charge in [-0.1, -0.05) is 12.2 Å². The lowest BCUT2D eigenvalue weighted by Crippen LogP contribution is -2.15. The summed E-state index contributed by atoms with van der Waals surface area (Å²) in [6, 6.07) is 0. The Balaban J connectivity index is 2.09. The van der Waals surface area contributed by atoms with E-state index in [4.69, 9.17) is 5.41 Å². The molecule has 0 bridgehead atoms. The van der Waals surface area contributed by atoms with Gasteiger partial charge in [0.2, 0.25) is 0 Å². The normalized spacial score (nSPS) is 24.4. The van der Waals surface area contributed by atoms with Crippen LogP contribution in [0, 0.1) is 5.41 Å². The van der Waals surface area contributed by atoms with Crippen LogP contribution in [0.5, 0.6) is 0 Å². The quantitative estimate of drug-likeness (QED) is 0.601. The molecule has 0 aromatic heterocycles. The van der Waals surface area contributed by atoms with Crippen molar-refractivity contribution in [2.24, 2.45) is 4.99 Å². The highest BCUT2D eigenvalue weighted by molar-refractivity contribution is 6.12. The molecule has 2 nitrogen and oxygen atoms in total. The van der Waals surface area contributed by atoms with Gasteiger partial charge in [0, 0.05) is 17.8 Å². The molecule has 1 fully saturated rings. The van der Waals surface area contributed by atoms with Crippen LogP contribution in [0.15, 0.2) is 40.1 Å². The van der Waals surface area contributed by atoms with Crippen molar-refractivity contribution in [1.82, 2.24) is 0 Å². The average Bonchev–Trinajstić information content (AvgIpc) is 2.56. The third-order valence-electron chi connectivity index (χ3n) is 3.04. The first-order valence-corrected chi connectivity index (χ1v) is 5.08. The summed E-state index contributed by atoms with van der Waals surface area (Å²) < 4.78 is 0. The van der Waals surface area contributed by atoms with Crippen LogP contribution in [0.3, 0.4) is 0 Å². The topological polar surface area (TPSA) is 36.2 Å². The summed E-state index contributed by atoms with van der Waals surface area (Å²) >= 11 is 0. The van der Waals surface area contributed by atoms with E-state index in [1.54, 1.807) is 0 Å². The Kier molecular flexibility index (Phi) is 1.57. The number of allylic oxidation sites excluding steroid dienone is 5. The van der Waals surface area contributed by atoms with Crippen molar-refractivity contribution in [2.45, 2.75) is 25.7 Å². The first-order chi connectivity index (χ1) is 6.84. The molecule has 14 heavy (non-hydrogen) atoms. The molecule has 1 aliphatic heterocycles. The maximum absolute atomic E-state index is 7.72. The minimum atomic E-state index is 0.833. The molecular formula is C12H12N2. The number of fused-ring (bicyclic) bond motifs is 2. The zero-order valence-electron chi connectivity index (χ0n) is 8.01. The minimum Gasteiger partial charge on any atom is -0.309 e. The van der Waals surface area contributed by atoms with Crippen molar-refractivity contribution >= 4 is 11.4 Å². The van der Waals surface area contributed by atoms with Crippen molar-refractivity contribution in [1.29, 1.82) is 5.41 Å². The zero-order valence-corrected chi connectivity index (χ0v) is 8.01. The third kappa shape index (κ3) is 1.03. The number of hydrogen-bond acceptors (Lipinski definition) is 2. The van der Waals surface area contributed by atoms with Gasteiger partial charge in [-0.25, -0.2) is 0 Å². The number of hydrogen-bond donors (Lipinski definition) is 1. The van der Waals surface area contributed by atoms with Gasteiger partial charge >= 0.3 is 0 Å². The molecule has 0 atom stereocenters. The van der Waals surface area contributed by atoms with Crippen LogP contribution in [0.1, 0.15) is 25.7 Å². The monoisotopic (exact) mass is 184 g/mol. The van der Waals surface area contributed by atoms with Crippen LogP contribution >= 0.6 is 0 Å². The minimum absolute atomic E-state index is 0.833. The molecule has 0 saturated heterocycles. The van der Waals surface area contributed by atoms with E-state index in [0.29, 0.717) is 0 Å². The fourth-order valence-electron chi connectivity index (χ4n) is 2.31. The number of aliphatic imine (C=N–C) groups is 1. The van der Waals surface area contributed by atoms with E-state index >= 15 is 0 Å². The van der Waals surface area contributed by atoms with Gasteiger partial charge in [0.15, 0.2) is 0 Å². The Morgan fingerprint density at radius 2 is 2.14 bits per heavy atom. The standard InChI is InChI=1S/C12H12N2/c13-8-5-6-12-10(7-8)9-3-1-2-4-11(9)14-12/h1-2,4,13H,3,5-7H2. The summed E-state index contributed by atoms with van der Waals surface area (Å²) in [7, 11) is 0. The Hall–Kier alpha value is -1.44. The lowest BCUT2D eigenvalue weighted by Gasteiger charge is -2.16. The Bertz CT molecular complexity index is 433. The van der Waals surface area contributed by atoms with Crippen molar-refractivity contribution in [3.63, 3.8) is 0 Å². The SMILES string of the molecule is N=C1CCC2=NC3=CC=CCC3=C2C1. The van der Waals surface area contributed by atoms with E-state index in [9.17, 15) is 0 Å². The third-order valence-corrected chi connectivity index (χ3v) is 3.04. The van der Waals surface area contributed by atoms with E-state index < -0.39 is 0 Å². The molecule has 0 unspecified atom stereocenters. The summed E-state index contributed by atoms with van der Waals surface area (Å²) in [5.41, 5.74) is 5.96. The van der Waals surface area contributed by atoms with Gasteiger partial charge < -0.3 is 5.41 Å². The van der Waals surface area contributed by atoms with E-state index in [-0.39, 0.29) is 0 Å². The molecular weight excluding hydrogens is 172 g/mol.